The molecular weight excluding hydrogens is 250 g/mol. The minimum Gasteiger partial charge on any atom is -0.334 e. The van der Waals surface area contributed by atoms with Crippen molar-refractivity contribution in [1.29, 1.82) is 0 Å². The lowest BCUT2D eigenvalue weighted by molar-refractivity contribution is 0.413. The summed E-state index contributed by atoms with van der Waals surface area (Å²) in [6.45, 7) is 8.66. The molecule has 2 rings (SSSR count). The molecule has 1 unspecified atom stereocenters. The third-order valence-corrected chi connectivity index (χ3v) is 3.37. The average Bonchev–Trinajstić information content (AvgIpc) is 2.88. The highest BCUT2D eigenvalue weighted by molar-refractivity contribution is 5.53. The number of hydrogen-bond acceptors (Lipinski definition) is 4. The van der Waals surface area contributed by atoms with Crippen LogP contribution in [0.15, 0.2) is 28.8 Å². The Hall–Kier alpha value is -1.68. The van der Waals surface area contributed by atoms with E-state index in [1.165, 1.54) is 5.56 Å². The molecule has 0 spiro atoms. The molecule has 1 aromatic heterocycles. The summed E-state index contributed by atoms with van der Waals surface area (Å²) in [5, 5.41) is 3.97. The van der Waals surface area contributed by atoms with Crippen molar-refractivity contribution in [3.8, 4) is 11.5 Å². The topological polar surface area (TPSA) is 64.9 Å². The lowest BCUT2D eigenvalue weighted by Gasteiger charge is -2.18. The second-order valence-electron chi connectivity index (χ2n) is 6.18. The van der Waals surface area contributed by atoms with E-state index in [0.29, 0.717) is 11.7 Å². The molecule has 4 heteroatoms. The first-order valence-corrected chi connectivity index (χ1v) is 7.12. The Morgan fingerprint density at radius 3 is 2.40 bits per heavy atom. The van der Waals surface area contributed by atoms with E-state index in [1.54, 1.807) is 0 Å². The van der Waals surface area contributed by atoms with Gasteiger partial charge in [-0.3, -0.25) is 0 Å². The molecule has 0 aliphatic rings. The first-order chi connectivity index (χ1) is 9.41. The van der Waals surface area contributed by atoms with Gasteiger partial charge in [0.15, 0.2) is 5.82 Å². The van der Waals surface area contributed by atoms with Crippen molar-refractivity contribution in [3.63, 3.8) is 0 Å². The Morgan fingerprint density at radius 2 is 1.85 bits per heavy atom. The van der Waals surface area contributed by atoms with Crippen molar-refractivity contribution in [2.45, 2.75) is 52.0 Å². The number of rotatable bonds is 4. The van der Waals surface area contributed by atoms with Crippen molar-refractivity contribution < 1.29 is 4.52 Å². The number of nitrogens with two attached hydrogens (primary N) is 1. The molecule has 0 saturated heterocycles. The summed E-state index contributed by atoms with van der Waals surface area (Å²) in [7, 11) is 0. The number of aromatic nitrogens is 2. The van der Waals surface area contributed by atoms with E-state index in [-0.39, 0.29) is 11.5 Å². The molecule has 0 radical (unpaired) electrons. The molecule has 0 aliphatic heterocycles. The van der Waals surface area contributed by atoms with Crippen LogP contribution in [0.3, 0.4) is 0 Å². The van der Waals surface area contributed by atoms with Crippen LogP contribution in [0.5, 0.6) is 0 Å². The van der Waals surface area contributed by atoms with Crippen LogP contribution >= 0.6 is 0 Å². The fraction of sp³-hybridized carbons (Fsp3) is 0.500. The summed E-state index contributed by atoms with van der Waals surface area (Å²) in [5.41, 5.74) is 8.35. The lowest BCUT2D eigenvalue weighted by Crippen LogP contribution is -2.11. The number of benzene rings is 1. The summed E-state index contributed by atoms with van der Waals surface area (Å²) in [6.07, 6.45) is 1.87. The van der Waals surface area contributed by atoms with Crippen molar-refractivity contribution in [1.82, 2.24) is 10.1 Å². The van der Waals surface area contributed by atoms with E-state index >= 15 is 0 Å². The molecule has 0 fully saturated rings. The first-order valence-electron chi connectivity index (χ1n) is 7.12. The highest BCUT2D eigenvalue weighted by Crippen LogP contribution is 2.26. The van der Waals surface area contributed by atoms with Crippen molar-refractivity contribution in [3.05, 3.63) is 35.7 Å². The van der Waals surface area contributed by atoms with Gasteiger partial charge in [0, 0.05) is 5.56 Å². The Balaban J connectivity index is 2.20. The Labute approximate surface area is 120 Å². The van der Waals surface area contributed by atoms with Crippen LogP contribution in [0.2, 0.25) is 0 Å². The van der Waals surface area contributed by atoms with Gasteiger partial charge in [0.2, 0.25) is 0 Å². The largest absolute Gasteiger partial charge is 0.334 e. The second kappa shape index (κ2) is 5.75. The van der Waals surface area contributed by atoms with E-state index in [9.17, 15) is 0 Å². The maximum atomic E-state index is 5.99. The van der Waals surface area contributed by atoms with Gasteiger partial charge >= 0.3 is 0 Å². The maximum absolute atomic E-state index is 5.99. The van der Waals surface area contributed by atoms with Crippen molar-refractivity contribution in [2.24, 2.45) is 5.73 Å². The van der Waals surface area contributed by atoms with Gasteiger partial charge in [0.05, 0.1) is 6.04 Å². The predicted octanol–water partition coefficient (Wildman–Crippen LogP) is 3.83. The van der Waals surface area contributed by atoms with Crippen molar-refractivity contribution >= 4 is 0 Å². The molecular formula is C16H23N3O. The summed E-state index contributed by atoms with van der Waals surface area (Å²) in [6, 6.07) is 8.09. The highest BCUT2D eigenvalue weighted by atomic mass is 16.5. The van der Waals surface area contributed by atoms with Crippen LogP contribution in [0, 0.1) is 0 Å². The van der Waals surface area contributed by atoms with Gasteiger partial charge in [-0.2, -0.15) is 4.98 Å². The van der Waals surface area contributed by atoms with Crippen LogP contribution < -0.4 is 5.73 Å². The van der Waals surface area contributed by atoms with Crippen LogP contribution in [-0.4, -0.2) is 10.1 Å². The van der Waals surface area contributed by atoms with Crippen molar-refractivity contribution in [2.75, 3.05) is 0 Å². The Kier molecular flexibility index (Phi) is 4.23. The molecule has 1 atom stereocenters. The molecule has 2 N–H and O–H groups in total. The fourth-order valence-corrected chi connectivity index (χ4v) is 2.06. The van der Waals surface area contributed by atoms with Gasteiger partial charge in [0.25, 0.3) is 5.89 Å². The zero-order valence-corrected chi connectivity index (χ0v) is 12.7. The number of nitrogens with zero attached hydrogens (tertiary/aromatic N) is 2. The summed E-state index contributed by atoms with van der Waals surface area (Å²) in [5.74, 6) is 1.12. The second-order valence-corrected chi connectivity index (χ2v) is 6.18. The van der Waals surface area contributed by atoms with Gasteiger partial charge in [-0.05, 0) is 29.5 Å². The van der Waals surface area contributed by atoms with Gasteiger partial charge in [-0.1, -0.05) is 51.4 Å². The highest BCUT2D eigenvalue weighted by Gasteiger charge is 2.16. The summed E-state index contributed by atoms with van der Waals surface area (Å²) >= 11 is 0. The Bertz CT molecular complexity index is 552. The molecule has 0 saturated carbocycles. The third kappa shape index (κ3) is 3.25. The van der Waals surface area contributed by atoms with E-state index in [4.69, 9.17) is 10.3 Å². The molecule has 20 heavy (non-hydrogen) atoms. The SMILES string of the molecule is CCCC(N)c1noc(-c2ccc(C(C)(C)C)cc2)n1. The van der Waals surface area contributed by atoms with E-state index < -0.39 is 0 Å². The average molecular weight is 273 g/mol. The molecule has 1 aromatic carbocycles. The normalized spacial score (nSPS) is 13.4. The number of hydrogen-bond donors (Lipinski definition) is 1. The monoisotopic (exact) mass is 273 g/mol. The zero-order valence-electron chi connectivity index (χ0n) is 12.7. The molecule has 1 heterocycles. The summed E-state index contributed by atoms with van der Waals surface area (Å²) < 4.78 is 5.30. The van der Waals surface area contributed by atoms with Crippen LogP contribution in [0.1, 0.15) is 58.0 Å². The molecule has 108 valence electrons. The predicted molar refractivity (Wildman–Crippen MR) is 80.3 cm³/mol. The lowest BCUT2D eigenvalue weighted by atomic mass is 9.87. The zero-order chi connectivity index (χ0) is 14.8. The minimum absolute atomic E-state index is 0.141. The standard InChI is InChI=1S/C16H23N3O/c1-5-6-13(17)14-18-15(20-19-14)11-7-9-12(10-8-11)16(2,3)4/h7-10,13H,5-6,17H2,1-4H3. The van der Waals surface area contributed by atoms with E-state index in [0.717, 1.165) is 18.4 Å². The van der Waals surface area contributed by atoms with E-state index in [2.05, 4.69) is 50.0 Å². The summed E-state index contributed by atoms with van der Waals surface area (Å²) in [4.78, 5) is 4.39. The quantitative estimate of drug-likeness (QED) is 0.919. The first kappa shape index (κ1) is 14.7. The van der Waals surface area contributed by atoms with Crippen LogP contribution in [-0.2, 0) is 5.41 Å². The van der Waals surface area contributed by atoms with Crippen LogP contribution in [0.25, 0.3) is 11.5 Å². The smallest absolute Gasteiger partial charge is 0.257 e. The van der Waals surface area contributed by atoms with Gasteiger partial charge in [-0.15, -0.1) is 0 Å². The third-order valence-electron chi connectivity index (χ3n) is 3.37. The maximum Gasteiger partial charge on any atom is 0.257 e. The molecule has 0 amide bonds. The van der Waals surface area contributed by atoms with Gasteiger partial charge in [-0.25, -0.2) is 0 Å². The fourth-order valence-electron chi connectivity index (χ4n) is 2.06. The van der Waals surface area contributed by atoms with Gasteiger partial charge < -0.3 is 10.3 Å². The Morgan fingerprint density at radius 1 is 1.20 bits per heavy atom. The van der Waals surface area contributed by atoms with E-state index in [1.807, 2.05) is 12.1 Å². The molecule has 0 bridgehead atoms. The van der Waals surface area contributed by atoms with Gasteiger partial charge in [0.1, 0.15) is 0 Å². The molecule has 4 nitrogen and oxygen atoms in total. The minimum atomic E-state index is -0.147. The molecule has 2 aromatic rings. The molecule has 0 aliphatic carbocycles. The van der Waals surface area contributed by atoms with Crippen LogP contribution in [0.4, 0.5) is 0 Å².